The lowest BCUT2D eigenvalue weighted by Gasteiger charge is -2.09. The summed E-state index contributed by atoms with van der Waals surface area (Å²) in [5.41, 5.74) is 2.57. The number of carbonyl (C=O) groups excluding carboxylic acids is 1. The van der Waals surface area contributed by atoms with Gasteiger partial charge in [-0.2, -0.15) is 0 Å². The highest BCUT2D eigenvalue weighted by Crippen LogP contribution is 2.17. The highest BCUT2D eigenvalue weighted by molar-refractivity contribution is 6.29. The van der Waals surface area contributed by atoms with Crippen LogP contribution in [0.25, 0.3) is 0 Å². The molecule has 1 aromatic heterocycles. The zero-order valence-corrected chi connectivity index (χ0v) is 12.1. The van der Waals surface area contributed by atoms with Crippen molar-refractivity contribution in [3.05, 3.63) is 53.3 Å². The molecule has 0 spiro atoms. The van der Waals surface area contributed by atoms with Gasteiger partial charge in [-0.1, -0.05) is 37.6 Å². The Bertz CT molecular complexity index is 579. The maximum absolute atomic E-state index is 11.8. The Balaban J connectivity index is 1.95. The van der Waals surface area contributed by atoms with Gasteiger partial charge >= 0.3 is 6.03 Å². The molecular formula is C15H16ClN3O. The summed E-state index contributed by atoms with van der Waals surface area (Å²) in [4.78, 5) is 15.7. The number of rotatable bonds is 3. The minimum absolute atomic E-state index is 0.314. The molecule has 20 heavy (non-hydrogen) atoms. The number of urea groups is 1. The van der Waals surface area contributed by atoms with Gasteiger partial charge in [0.05, 0.1) is 11.9 Å². The van der Waals surface area contributed by atoms with Gasteiger partial charge in [-0.05, 0) is 35.7 Å². The van der Waals surface area contributed by atoms with Crippen LogP contribution in [-0.2, 0) is 0 Å². The third kappa shape index (κ3) is 3.96. The lowest BCUT2D eigenvalue weighted by atomic mass is 10.0. The zero-order valence-electron chi connectivity index (χ0n) is 11.4. The molecular weight excluding hydrogens is 274 g/mol. The smallest absolute Gasteiger partial charge is 0.308 e. The molecule has 0 aliphatic heterocycles. The van der Waals surface area contributed by atoms with Crippen LogP contribution in [0.4, 0.5) is 16.2 Å². The summed E-state index contributed by atoms with van der Waals surface area (Å²) in [5, 5.41) is 5.83. The maximum Gasteiger partial charge on any atom is 0.323 e. The number of benzene rings is 1. The van der Waals surface area contributed by atoms with Crippen LogP contribution in [-0.4, -0.2) is 11.0 Å². The van der Waals surface area contributed by atoms with Crippen molar-refractivity contribution in [2.75, 3.05) is 10.6 Å². The van der Waals surface area contributed by atoms with E-state index in [0.29, 0.717) is 16.8 Å². The van der Waals surface area contributed by atoms with Gasteiger partial charge in [0, 0.05) is 5.69 Å². The summed E-state index contributed by atoms with van der Waals surface area (Å²) in [6.07, 6.45) is 1.50. The van der Waals surface area contributed by atoms with E-state index in [0.717, 1.165) is 5.69 Å². The highest BCUT2D eigenvalue weighted by Gasteiger charge is 2.04. The molecule has 4 nitrogen and oxygen atoms in total. The quantitative estimate of drug-likeness (QED) is 0.817. The Labute approximate surface area is 123 Å². The van der Waals surface area contributed by atoms with E-state index in [1.165, 1.54) is 11.8 Å². The van der Waals surface area contributed by atoms with Crippen LogP contribution >= 0.6 is 11.6 Å². The Morgan fingerprint density at radius 2 is 1.65 bits per heavy atom. The molecule has 2 N–H and O–H groups in total. The minimum Gasteiger partial charge on any atom is -0.308 e. The fourth-order valence-corrected chi connectivity index (χ4v) is 1.81. The number of halogens is 1. The van der Waals surface area contributed by atoms with Gasteiger partial charge in [-0.15, -0.1) is 0 Å². The van der Waals surface area contributed by atoms with Crippen molar-refractivity contribution in [3.63, 3.8) is 0 Å². The topological polar surface area (TPSA) is 54.0 Å². The van der Waals surface area contributed by atoms with Crippen molar-refractivity contribution in [1.29, 1.82) is 0 Å². The first kappa shape index (κ1) is 14.3. The van der Waals surface area contributed by atoms with Crippen LogP contribution in [0.15, 0.2) is 42.6 Å². The molecule has 5 heteroatoms. The molecule has 1 heterocycles. The lowest BCUT2D eigenvalue weighted by molar-refractivity contribution is 0.262. The molecule has 0 saturated carbocycles. The Morgan fingerprint density at radius 3 is 2.20 bits per heavy atom. The fraction of sp³-hybridized carbons (Fsp3) is 0.200. The molecule has 104 valence electrons. The average molecular weight is 290 g/mol. The SMILES string of the molecule is CC(C)c1ccc(NC(=O)Nc2ccc(Cl)nc2)cc1. The molecule has 0 aliphatic rings. The molecule has 2 rings (SSSR count). The van der Waals surface area contributed by atoms with Crippen LogP contribution < -0.4 is 10.6 Å². The lowest BCUT2D eigenvalue weighted by Crippen LogP contribution is -2.19. The van der Waals surface area contributed by atoms with Crippen molar-refractivity contribution < 1.29 is 4.79 Å². The van der Waals surface area contributed by atoms with E-state index >= 15 is 0 Å². The number of pyridine rings is 1. The first-order chi connectivity index (χ1) is 9.54. The molecule has 0 radical (unpaired) electrons. The van der Waals surface area contributed by atoms with Crippen molar-refractivity contribution in [3.8, 4) is 0 Å². The number of anilines is 2. The fourth-order valence-electron chi connectivity index (χ4n) is 1.69. The maximum atomic E-state index is 11.8. The van der Waals surface area contributed by atoms with E-state index in [1.54, 1.807) is 12.1 Å². The number of nitrogens with one attached hydrogen (secondary N) is 2. The number of carbonyl (C=O) groups is 1. The van der Waals surface area contributed by atoms with E-state index in [2.05, 4.69) is 29.5 Å². The summed E-state index contributed by atoms with van der Waals surface area (Å²) in [6.45, 7) is 4.26. The van der Waals surface area contributed by atoms with E-state index < -0.39 is 0 Å². The third-order valence-corrected chi connectivity index (χ3v) is 3.04. The monoisotopic (exact) mass is 289 g/mol. The second-order valence-electron chi connectivity index (χ2n) is 4.73. The first-order valence-corrected chi connectivity index (χ1v) is 6.72. The van der Waals surface area contributed by atoms with Gasteiger partial charge in [0.1, 0.15) is 5.15 Å². The summed E-state index contributed by atoms with van der Waals surface area (Å²) in [6, 6.07) is 10.8. The average Bonchev–Trinajstić information content (AvgIpc) is 2.42. The van der Waals surface area contributed by atoms with E-state index in [1.807, 2.05) is 24.3 Å². The summed E-state index contributed by atoms with van der Waals surface area (Å²) >= 11 is 5.68. The Hall–Kier alpha value is -2.07. The molecule has 2 amide bonds. The van der Waals surface area contributed by atoms with Crippen LogP contribution in [0.5, 0.6) is 0 Å². The van der Waals surface area contributed by atoms with E-state index in [9.17, 15) is 4.79 Å². The number of hydrogen-bond donors (Lipinski definition) is 2. The molecule has 2 aromatic rings. The number of amides is 2. The second kappa shape index (κ2) is 6.39. The van der Waals surface area contributed by atoms with Crippen LogP contribution in [0.1, 0.15) is 25.3 Å². The first-order valence-electron chi connectivity index (χ1n) is 6.34. The van der Waals surface area contributed by atoms with Gasteiger partial charge in [0.2, 0.25) is 0 Å². The van der Waals surface area contributed by atoms with Gasteiger partial charge in [-0.25, -0.2) is 9.78 Å². The summed E-state index contributed by atoms with van der Waals surface area (Å²) in [7, 11) is 0. The van der Waals surface area contributed by atoms with Gasteiger partial charge in [0.15, 0.2) is 0 Å². The minimum atomic E-state index is -0.314. The molecule has 1 aromatic carbocycles. The van der Waals surface area contributed by atoms with Crippen molar-refractivity contribution in [2.24, 2.45) is 0 Å². The predicted molar refractivity (Wildman–Crippen MR) is 82.4 cm³/mol. The zero-order chi connectivity index (χ0) is 14.5. The largest absolute Gasteiger partial charge is 0.323 e. The predicted octanol–water partition coefficient (Wildman–Crippen LogP) is 4.50. The van der Waals surface area contributed by atoms with Crippen molar-refractivity contribution in [2.45, 2.75) is 19.8 Å². The van der Waals surface area contributed by atoms with E-state index in [4.69, 9.17) is 11.6 Å². The normalized spacial score (nSPS) is 10.4. The van der Waals surface area contributed by atoms with Gasteiger partial charge < -0.3 is 10.6 Å². The van der Waals surface area contributed by atoms with Crippen LogP contribution in [0.2, 0.25) is 5.15 Å². The summed E-state index contributed by atoms with van der Waals surface area (Å²) in [5.74, 6) is 0.470. The molecule has 0 saturated heterocycles. The van der Waals surface area contributed by atoms with Crippen LogP contribution in [0, 0.1) is 0 Å². The standard InChI is InChI=1S/C15H16ClN3O/c1-10(2)11-3-5-12(6-4-11)18-15(20)19-13-7-8-14(16)17-9-13/h3-10H,1-2H3,(H2,18,19,20). The Morgan fingerprint density at radius 1 is 1.05 bits per heavy atom. The number of aromatic nitrogens is 1. The van der Waals surface area contributed by atoms with Gasteiger partial charge in [-0.3, -0.25) is 0 Å². The molecule has 0 aliphatic carbocycles. The van der Waals surface area contributed by atoms with Crippen molar-refractivity contribution >= 4 is 29.0 Å². The van der Waals surface area contributed by atoms with Gasteiger partial charge in [0.25, 0.3) is 0 Å². The molecule has 0 atom stereocenters. The van der Waals surface area contributed by atoms with Crippen molar-refractivity contribution in [1.82, 2.24) is 4.98 Å². The van der Waals surface area contributed by atoms with E-state index in [-0.39, 0.29) is 6.03 Å². The number of hydrogen-bond acceptors (Lipinski definition) is 2. The summed E-state index contributed by atoms with van der Waals surface area (Å²) < 4.78 is 0. The third-order valence-electron chi connectivity index (χ3n) is 2.82. The second-order valence-corrected chi connectivity index (χ2v) is 5.11. The number of nitrogens with zero attached hydrogens (tertiary/aromatic N) is 1. The Kier molecular flexibility index (Phi) is 4.58. The van der Waals surface area contributed by atoms with Crippen LogP contribution in [0.3, 0.4) is 0 Å². The molecule has 0 unspecified atom stereocenters. The highest BCUT2D eigenvalue weighted by atomic mass is 35.5. The molecule has 0 bridgehead atoms. The molecule has 0 fully saturated rings.